The van der Waals surface area contributed by atoms with Crippen molar-refractivity contribution in [3.8, 4) is 0 Å². The van der Waals surface area contributed by atoms with Crippen LogP contribution in [0.15, 0.2) is 11.6 Å². The van der Waals surface area contributed by atoms with Gasteiger partial charge < -0.3 is 0 Å². The fourth-order valence-corrected chi connectivity index (χ4v) is 2.50. The van der Waals surface area contributed by atoms with Gasteiger partial charge in [-0.3, -0.25) is 4.79 Å². The highest BCUT2D eigenvalue weighted by Gasteiger charge is 2.25. The highest BCUT2D eigenvalue weighted by molar-refractivity contribution is 5.87. The lowest BCUT2D eigenvalue weighted by Crippen LogP contribution is -2.19. The van der Waals surface area contributed by atoms with Gasteiger partial charge in [0.15, 0.2) is 5.78 Å². The molecule has 15 heavy (non-hydrogen) atoms. The molecule has 0 spiro atoms. The average molecular weight is 208 g/mol. The van der Waals surface area contributed by atoms with E-state index in [1.165, 1.54) is 24.8 Å². The summed E-state index contributed by atoms with van der Waals surface area (Å²) < 4.78 is 0. The van der Waals surface area contributed by atoms with Crippen molar-refractivity contribution in [2.45, 2.75) is 59.8 Å². The summed E-state index contributed by atoms with van der Waals surface area (Å²) in [7, 11) is 0. The van der Waals surface area contributed by atoms with E-state index in [4.69, 9.17) is 0 Å². The Labute approximate surface area is 93.9 Å². The van der Waals surface area contributed by atoms with Crippen molar-refractivity contribution in [1.29, 1.82) is 0 Å². The van der Waals surface area contributed by atoms with E-state index in [0.29, 0.717) is 5.41 Å². The second-order valence-electron chi connectivity index (χ2n) is 5.91. The Morgan fingerprint density at radius 3 is 2.47 bits per heavy atom. The van der Waals surface area contributed by atoms with Crippen LogP contribution in [-0.4, -0.2) is 5.78 Å². The number of hydrogen-bond acceptors (Lipinski definition) is 1. The zero-order valence-corrected chi connectivity index (χ0v) is 10.6. The van der Waals surface area contributed by atoms with Crippen molar-refractivity contribution in [1.82, 2.24) is 0 Å². The normalized spacial score (nSPS) is 26.4. The van der Waals surface area contributed by atoms with Gasteiger partial charge in [-0.1, -0.05) is 26.3 Å². The first-order valence-corrected chi connectivity index (χ1v) is 6.09. The van der Waals surface area contributed by atoms with Crippen molar-refractivity contribution >= 4 is 5.78 Å². The molecule has 1 rings (SSSR count). The molecule has 1 saturated carbocycles. The Balaban J connectivity index is 2.60. The third kappa shape index (κ3) is 4.19. The summed E-state index contributed by atoms with van der Waals surface area (Å²) in [5, 5.41) is 0. The molecule has 0 aromatic carbocycles. The Hall–Kier alpha value is -0.590. The quantitative estimate of drug-likeness (QED) is 0.468. The Kier molecular flexibility index (Phi) is 4.12. The lowest BCUT2D eigenvalue weighted by atomic mass is 9.76. The van der Waals surface area contributed by atoms with E-state index in [-0.39, 0.29) is 5.78 Å². The third-order valence-corrected chi connectivity index (χ3v) is 3.50. The lowest BCUT2D eigenvalue weighted by molar-refractivity contribution is -0.112. The first-order valence-electron chi connectivity index (χ1n) is 6.09. The summed E-state index contributed by atoms with van der Waals surface area (Å²) in [4.78, 5) is 11.0. The SMILES string of the molecule is CC(=O)/C=C1/CCCC(C(C)(C)C)CC1. The zero-order valence-electron chi connectivity index (χ0n) is 10.6. The van der Waals surface area contributed by atoms with Crippen LogP contribution in [0, 0.1) is 11.3 Å². The third-order valence-electron chi connectivity index (χ3n) is 3.50. The molecule has 1 fully saturated rings. The van der Waals surface area contributed by atoms with Crippen LogP contribution in [0.3, 0.4) is 0 Å². The minimum absolute atomic E-state index is 0.208. The van der Waals surface area contributed by atoms with Crippen LogP contribution in [0.4, 0.5) is 0 Å². The molecule has 0 radical (unpaired) electrons. The molecule has 1 nitrogen and oxygen atoms in total. The summed E-state index contributed by atoms with van der Waals surface area (Å²) in [5.41, 5.74) is 1.79. The molecule has 1 aliphatic rings. The largest absolute Gasteiger partial charge is 0.295 e. The number of carbonyl (C=O) groups excluding carboxylic acids is 1. The first-order chi connectivity index (χ1) is 6.89. The van der Waals surface area contributed by atoms with E-state index < -0.39 is 0 Å². The van der Waals surface area contributed by atoms with Crippen LogP contribution in [0.25, 0.3) is 0 Å². The number of carbonyl (C=O) groups is 1. The van der Waals surface area contributed by atoms with E-state index in [0.717, 1.165) is 18.8 Å². The molecule has 0 heterocycles. The van der Waals surface area contributed by atoms with Gasteiger partial charge >= 0.3 is 0 Å². The van der Waals surface area contributed by atoms with Gasteiger partial charge in [-0.2, -0.15) is 0 Å². The fraction of sp³-hybridized carbons (Fsp3) is 0.786. The highest BCUT2D eigenvalue weighted by atomic mass is 16.1. The Bertz CT molecular complexity index is 255. The molecule has 86 valence electrons. The molecule has 0 saturated heterocycles. The average Bonchev–Trinajstić information content (AvgIpc) is 2.27. The maximum absolute atomic E-state index is 11.0. The fourth-order valence-electron chi connectivity index (χ4n) is 2.50. The molecule has 0 amide bonds. The van der Waals surface area contributed by atoms with Gasteiger partial charge in [0.05, 0.1) is 0 Å². The monoisotopic (exact) mass is 208 g/mol. The van der Waals surface area contributed by atoms with Crippen LogP contribution in [0.2, 0.25) is 0 Å². The smallest absolute Gasteiger partial charge is 0.152 e. The molecule has 1 unspecified atom stereocenters. The standard InChI is InChI=1S/C14H24O/c1-11(15)10-12-6-5-7-13(9-8-12)14(2,3)4/h10,13H,5-9H2,1-4H3/b12-10-. The molecular weight excluding hydrogens is 184 g/mol. The van der Waals surface area contributed by atoms with Crippen molar-refractivity contribution in [3.63, 3.8) is 0 Å². The Morgan fingerprint density at radius 1 is 1.27 bits per heavy atom. The summed E-state index contributed by atoms with van der Waals surface area (Å²) in [6.07, 6.45) is 7.93. The topological polar surface area (TPSA) is 17.1 Å². The van der Waals surface area contributed by atoms with Crippen LogP contribution in [0.1, 0.15) is 59.8 Å². The highest BCUT2D eigenvalue weighted by Crippen LogP contribution is 2.38. The van der Waals surface area contributed by atoms with Crippen molar-refractivity contribution in [2.75, 3.05) is 0 Å². The van der Waals surface area contributed by atoms with E-state index in [9.17, 15) is 4.79 Å². The van der Waals surface area contributed by atoms with E-state index >= 15 is 0 Å². The summed E-state index contributed by atoms with van der Waals surface area (Å²) >= 11 is 0. The maximum atomic E-state index is 11.0. The van der Waals surface area contributed by atoms with Gasteiger partial charge in [0.25, 0.3) is 0 Å². The zero-order chi connectivity index (χ0) is 11.5. The molecule has 0 aliphatic heterocycles. The molecule has 1 atom stereocenters. The minimum Gasteiger partial charge on any atom is -0.295 e. The van der Waals surface area contributed by atoms with Gasteiger partial charge in [-0.15, -0.1) is 0 Å². The van der Waals surface area contributed by atoms with Gasteiger partial charge in [0.2, 0.25) is 0 Å². The van der Waals surface area contributed by atoms with E-state index in [1.807, 2.05) is 6.08 Å². The van der Waals surface area contributed by atoms with Gasteiger partial charge in [-0.05, 0) is 56.4 Å². The first kappa shape index (κ1) is 12.5. The van der Waals surface area contributed by atoms with Gasteiger partial charge in [-0.25, -0.2) is 0 Å². The summed E-state index contributed by atoms with van der Waals surface area (Å²) in [6.45, 7) is 8.64. The predicted molar refractivity (Wildman–Crippen MR) is 64.8 cm³/mol. The minimum atomic E-state index is 0.208. The van der Waals surface area contributed by atoms with Crippen molar-refractivity contribution in [3.05, 3.63) is 11.6 Å². The second kappa shape index (κ2) is 4.96. The van der Waals surface area contributed by atoms with Crippen LogP contribution < -0.4 is 0 Å². The number of hydrogen-bond donors (Lipinski definition) is 0. The van der Waals surface area contributed by atoms with Crippen LogP contribution >= 0.6 is 0 Å². The number of rotatable bonds is 1. The van der Waals surface area contributed by atoms with Crippen molar-refractivity contribution < 1.29 is 4.79 Å². The van der Waals surface area contributed by atoms with Gasteiger partial charge in [0.1, 0.15) is 0 Å². The summed E-state index contributed by atoms with van der Waals surface area (Å²) in [5.74, 6) is 1.02. The van der Waals surface area contributed by atoms with E-state index in [2.05, 4.69) is 20.8 Å². The lowest BCUT2D eigenvalue weighted by Gasteiger charge is -2.29. The molecule has 1 heteroatoms. The molecule has 0 aromatic rings. The van der Waals surface area contributed by atoms with Crippen LogP contribution in [-0.2, 0) is 4.79 Å². The number of allylic oxidation sites excluding steroid dienone is 2. The predicted octanol–water partition coefficient (Wildman–Crippen LogP) is 4.13. The molecule has 0 bridgehead atoms. The molecule has 0 N–H and O–H groups in total. The van der Waals surface area contributed by atoms with Gasteiger partial charge in [0, 0.05) is 0 Å². The maximum Gasteiger partial charge on any atom is 0.152 e. The second-order valence-corrected chi connectivity index (χ2v) is 5.91. The molecular formula is C14H24O. The van der Waals surface area contributed by atoms with E-state index in [1.54, 1.807) is 6.92 Å². The van der Waals surface area contributed by atoms with Crippen molar-refractivity contribution in [2.24, 2.45) is 11.3 Å². The molecule has 1 aliphatic carbocycles. The number of ketones is 1. The Morgan fingerprint density at radius 2 is 1.93 bits per heavy atom. The summed E-state index contributed by atoms with van der Waals surface area (Å²) in [6, 6.07) is 0. The van der Waals surface area contributed by atoms with Crippen LogP contribution in [0.5, 0.6) is 0 Å². The molecule has 0 aromatic heterocycles.